The molecule has 1 amide bonds. The van der Waals surface area contributed by atoms with Gasteiger partial charge in [0.25, 0.3) is 0 Å². The van der Waals surface area contributed by atoms with E-state index in [2.05, 4.69) is 43.0 Å². The Labute approximate surface area is 221 Å². The van der Waals surface area contributed by atoms with Crippen molar-refractivity contribution in [1.29, 1.82) is 0 Å². The van der Waals surface area contributed by atoms with Crippen molar-refractivity contribution in [3.8, 4) is 0 Å². The molecule has 1 aliphatic heterocycles. The minimum absolute atomic E-state index is 0.133. The van der Waals surface area contributed by atoms with Crippen molar-refractivity contribution >= 4 is 40.8 Å². The van der Waals surface area contributed by atoms with E-state index < -0.39 is 0 Å². The molecule has 1 aromatic carbocycles. The average Bonchev–Trinajstić information content (AvgIpc) is 3.30. The van der Waals surface area contributed by atoms with Gasteiger partial charge in [-0.1, -0.05) is 18.5 Å². The molecule has 0 bridgehead atoms. The molecule has 2 aromatic heterocycles. The van der Waals surface area contributed by atoms with Gasteiger partial charge in [0.05, 0.1) is 17.9 Å². The van der Waals surface area contributed by atoms with Crippen LogP contribution < -0.4 is 16.0 Å². The van der Waals surface area contributed by atoms with Crippen LogP contribution in [0.3, 0.4) is 0 Å². The van der Waals surface area contributed by atoms with Crippen molar-refractivity contribution in [3.05, 3.63) is 52.1 Å². The van der Waals surface area contributed by atoms with Crippen LogP contribution in [0.2, 0.25) is 5.02 Å². The zero-order valence-corrected chi connectivity index (χ0v) is 22.4. The van der Waals surface area contributed by atoms with Crippen LogP contribution in [0.4, 0.5) is 27.7 Å². The number of H-pyrrole nitrogens is 1. The molecule has 0 spiro atoms. The molecule has 4 rings (SSSR count). The van der Waals surface area contributed by atoms with Crippen LogP contribution in [0.15, 0.2) is 24.4 Å². The monoisotopic (exact) mass is 528 g/mol. The predicted octanol–water partition coefficient (Wildman–Crippen LogP) is 5.19. The number of rotatable bonds is 9. The number of nitrogens with zero attached hydrogens (tertiary/aromatic N) is 4. The first kappa shape index (κ1) is 26.8. The Kier molecular flexibility index (Phi) is 8.60. The van der Waals surface area contributed by atoms with Gasteiger partial charge < -0.3 is 20.9 Å². The van der Waals surface area contributed by atoms with Crippen molar-refractivity contribution in [2.75, 3.05) is 30.3 Å². The van der Waals surface area contributed by atoms with Crippen LogP contribution in [-0.2, 0) is 4.79 Å². The highest BCUT2D eigenvalue weighted by molar-refractivity contribution is 6.32. The normalized spacial score (nSPS) is 15.0. The van der Waals surface area contributed by atoms with Gasteiger partial charge in [-0.05, 0) is 75.8 Å². The van der Waals surface area contributed by atoms with Crippen molar-refractivity contribution < 1.29 is 9.18 Å². The van der Waals surface area contributed by atoms with E-state index in [1.54, 1.807) is 12.1 Å². The third-order valence-corrected chi connectivity index (χ3v) is 6.89. The van der Waals surface area contributed by atoms with E-state index in [1.165, 1.54) is 6.20 Å². The molecule has 198 valence electrons. The number of piperidine rings is 1. The lowest BCUT2D eigenvalue weighted by Gasteiger charge is -2.34. The summed E-state index contributed by atoms with van der Waals surface area (Å²) in [6, 6.07) is 5.00. The number of halogens is 2. The Morgan fingerprint density at radius 3 is 2.68 bits per heavy atom. The van der Waals surface area contributed by atoms with E-state index in [4.69, 9.17) is 11.6 Å². The number of nitrogens with one attached hydrogen (secondary N) is 4. The van der Waals surface area contributed by atoms with E-state index in [-0.39, 0.29) is 35.3 Å². The van der Waals surface area contributed by atoms with E-state index in [9.17, 15) is 4.79 Å². The maximum Gasteiger partial charge on any atom is 0.239 e. The van der Waals surface area contributed by atoms with Crippen LogP contribution in [0.1, 0.15) is 55.8 Å². The van der Waals surface area contributed by atoms with Crippen LogP contribution in [0.5, 0.6) is 0 Å². The maximum atomic E-state index is 15.2. The summed E-state index contributed by atoms with van der Waals surface area (Å²) in [6.45, 7) is 10.0. The zero-order chi connectivity index (χ0) is 26.5. The van der Waals surface area contributed by atoms with E-state index in [1.807, 2.05) is 31.7 Å². The number of amides is 1. The Bertz CT molecular complexity index is 1240. The molecule has 0 saturated carbocycles. The van der Waals surface area contributed by atoms with Crippen molar-refractivity contribution in [2.45, 2.75) is 58.9 Å². The van der Waals surface area contributed by atoms with E-state index in [0.29, 0.717) is 29.7 Å². The molecule has 11 heteroatoms. The van der Waals surface area contributed by atoms with Crippen molar-refractivity contribution in [1.82, 2.24) is 30.4 Å². The average molecular weight is 529 g/mol. The number of hydrogen-bond donors (Lipinski definition) is 4. The smallest absolute Gasteiger partial charge is 0.239 e. The third kappa shape index (κ3) is 6.56. The molecule has 0 unspecified atom stereocenters. The molecule has 4 N–H and O–H groups in total. The lowest BCUT2D eigenvalue weighted by molar-refractivity contribution is -0.134. The second kappa shape index (κ2) is 11.9. The Hall–Kier alpha value is -3.24. The number of aromatic amines is 1. The van der Waals surface area contributed by atoms with Crippen LogP contribution in [-0.4, -0.2) is 56.6 Å². The fraction of sp³-hybridized carbons (Fsp3) is 0.462. The molecule has 3 aromatic rings. The lowest BCUT2D eigenvalue weighted by Crippen LogP contribution is -2.47. The lowest BCUT2D eigenvalue weighted by atomic mass is 9.86. The molecule has 1 saturated heterocycles. The minimum atomic E-state index is -0.382. The molecular weight excluding hydrogens is 495 g/mol. The predicted molar refractivity (Wildman–Crippen MR) is 144 cm³/mol. The largest absolute Gasteiger partial charge is 0.341 e. The van der Waals surface area contributed by atoms with Gasteiger partial charge in [0.2, 0.25) is 11.9 Å². The molecule has 0 radical (unpaired) electrons. The topological polar surface area (TPSA) is 111 Å². The van der Waals surface area contributed by atoms with Crippen LogP contribution >= 0.6 is 11.6 Å². The second-order valence-corrected chi connectivity index (χ2v) is 9.95. The van der Waals surface area contributed by atoms with Crippen molar-refractivity contribution in [3.63, 3.8) is 0 Å². The molecule has 1 aliphatic rings. The highest BCUT2D eigenvalue weighted by atomic mass is 35.5. The summed E-state index contributed by atoms with van der Waals surface area (Å²) in [7, 11) is 0. The van der Waals surface area contributed by atoms with E-state index >= 15 is 4.39 Å². The van der Waals surface area contributed by atoms with Gasteiger partial charge in [0.1, 0.15) is 10.8 Å². The number of hydrogen-bond acceptors (Lipinski definition) is 7. The number of benzene rings is 1. The van der Waals surface area contributed by atoms with Gasteiger partial charge in [-0.2, -0.15) is 10.1 Å². The van der Waals surface area contributed by atoms with Gasteiger partial charge >= 0.3 is 0 Å². The summed E-state index contributed by atoms with van der Waals surface area (Å²) in [4.78, 5) is 23.2. The van der Waals surface area contributed by atoms with Crippen LogP contribution in [0.25, 0.3) is 0 Å². The highest BCUT2D eigenvalue weighted by Crippen LogP contribution is 2.34. The molecule has 1 atom stereocenters. The van der Waals surface area contributed by atoms with Crippen LogP contribution in [0, 0.1) is 19.7 Å². The minimum Gasteiger partial charge on any atom is -0.341 e. The molecule has 9 nitrogen and oxygen atoms in total. The van der Waals surface area contributed by atoms with Gasteiger partial charge in [-0.15, -0.1) is 0 Å². The van der Waals surface area contributed by atoms with Gasteiger partial charge in [0, 0.05) is 24.8 Å². The second-order valence-electron chi connectivity index (χ2n) is 9.54. The number of carbonyl (C=O) groups is 1. The Morgan fingerprint density at radius 1 is 1.24 bits per heavy atom. The van der Waals surface area contributed by atoms with Gasteiger partial charge in [0.15, 0.2) is 11.6 Å². The Morgan fingerprint density at radius 2 is 2.00 bits per heavy atom. The summed E-state index contributed by atoms with van der Waals surface area (Å²) >= 11 is 6.23. The Balaban J connectivity index is 1.42. The summed E-state index contributed by atoms with van der Waals surface area (Å²) in [5.41, 5.74) is 3.12. The summed E-state index contributed by atoms with van der Waals surface area (Å²) in [6.07, 6.45) is 4.05. The van der Waals surface area contributed by atoms with Gasteiger partial charge in [-0.25, -0.2) is 9.37 Å². The summed E-state index contributed by atoms with van der Waals surface area (Å²) < 4.78 is 15.2. The first-order valence-electron chi connectivity index (χ1n) is 12.7. The first-order chi connectivity index (χ1) is 17.7. The summed E-state index contributed by atoms with van der Waals surface area (Å²) in [5.74, 6) is 1.09. The van der Waals surface area contributed by atoms with Crippen molar-refractivity contribution in [2.24, 2.45) is 0 Å². The SMILES string of the molecule is CCCN[C@H](C)C(=O)N1CCC(c2cc(F)c(Nc3ncc(Cl)c(Nc4cc(C)[nH]n4)n3)cc2C)CC1. The molecule has 0 aliphatic carbocycles. The molecule has 1 fully saturated rings. The maximum absolute atomic E-state index is 15.2. The fourth-order valence-corrected chi connectivity index (χ4v) is 4.74. The highest BCUT2D eigenvalue weighted by Gasteiger charge is 2.27. The number of carbonyl (C=O) groups excluding carboxylic acids is 1. The van der Waals surface area contributed by atoms with E-state index in [0.717, 1.165) is 42.6 Å². The quantitative estimate of drug-likeness (QED) is 0.302. The number of aryl methyl sites for hydroxylation is 2. The third-order valence-electron chi connectivity index (χ3n) is 6.62. The standard InChI is InChI=1S/C26H34ClFN8O/c1-5-8-29-17(4)25(37)36-9-6-18(7-10-36)19-13-21(28)22(11-15(19)2)31-26-30-14-20(27)24(33-26)32-23-12-16(3)34-35-23/h11-14,17-18,29H,5-10H2,1-4H3,(H3,30,31,32,33,34,35)/t17-/m1/s1. The summed E-state index contributed by atoms with van der Waals surface area (Å²) in [5, 5.41) is 16.5. The molecule has 3 heterocycles. The fourth-order valence-electron chi connectivity index (χ4n) is 4.60. The zero-order valence-electron chi connectivity index (χ0n) is 21.7. The molecular formula is C26H34ClFN8O. The number of anilines is 4. The molecule has 37 heavy (non-hydrogen) atoms. The first-order valence-corrected chi connectivity index (χ1v) is 13.0. The number of likely N-dealkylation sites (tertiary alicyclic amines) is 1. The number of aromatic nitrogens is 4. The van der Waals surface area contributed by atoms with Gasteiger partial charge in [-0.3, -0.25) is 9.89 Å².